The van der Waals surface area contributed by atoms with Crippen molar-refractivity contribution in [1.29, 1.82) is 0 Å². The number of hydrogen-bond acceptors (Lipinski definition) is 5. The summed E-state index contributed by atoms with van der Waals surface area (Å²) in [5.41, 5.74) is 3.64. The molecule has 1 aromatic heterocycles. The molecule has 0 bridgehead atoms. The lowest BCUT2D eigenvalue weighted by Gasteiger charge is -2.21. The smallest absolute Gasteiger partial charge is 0.251 e. The average molecular weight is 466 g/mol. The van der Waals surface area contributed by atoms with E-state index in [-0.39, 0.29) is 29.5 Å². The molecule has 0 radical (unpaired) electrons. The van der Waals surface area contributed by atoms with Gasteiger partial charge >= 0.3 is 0 Å². The fourth-order valence-corrected chi connectivity index (χ4v) is 4.17. The molecule has 33 heavy (non-hydrogen) atoms. The van der Waals surface area contributed by atoms with Crippen LogP contribution in [0.2, 0.25) is 0 Å². The Labute approximate surface area is 199 Å². The lowest BCUT2D eigenvalue weighted by Crippen LogP contribution is -2.33. The van der Waals surface area contributed by atoms with Crippen LogP contribution in [0.15, 0.2) is 53.7 Å². The van der Waals surface area contributed by atoms with Crippen molar-refractivity contribution >= 4 is 29.3 Å². The summed E-state index contributed by atoms with van der Waals surface area (Å²) in [6.07, 6.45) is 0.848. The second-order valence-electron chi connectivity index (χ2n) is 8.31. The minimum absolute atomic E-state index is 0.0986. The van der Waals surface area contributed by atoms with Crippen LogP contribution in [0.3, 0.4) is 0 Å². The molecular weight excluding hydrogens is 434 g/mol. The van der Waals surface area contributed by atoms with Gasteiger partial charge in [-0.2, -0.15) is 0 Å². The molecule has 174 valence electrons. The lowest BCUT2D eigenvalue weighted by molar-refractivity contribution is -0.113. The maximum atomic E-state index is 12.8. The third kappa shape index (κ3) is 6.22. The van der Waals surface area contributed by atoms with Crippen molar-refractivity contribution in [3.63, 3.8) is 0 Å². The van der Waals surface area contributed by atoms with Gasteiger partial charge < -0.3 is 15.2 Å². The third-order valence-corrected chi connectivity index (χ3v) is 6.44. The van der Waals surface area contributed by atoms with E-state index in [9.17, 15) is 9.59 Å². The quantitative estimate of drug-likeness (QED) is 0.453. The van der Waals surface area contributed by atoms with Crippen molar-refractivity contribution in [3.8, 4) is 0 Å². The molecule has 0 aliphatic carbocycles. The normalized spacial score (nSPS) is 11.9. The highest BCUT2D eigenvalue weighted by molar-refractivity contribution is 7.99. The monoisotopic (exact) mass is 465 g/mol. The van der Waals surface area contributed by atoms with Gasteiger partial charge in [-0.25, -0.2) is 0 Å². The standard InChI is InChI=1S/C25H31N5O2S/c1-6-18-9-7-8-10-20(18)26-21(31)15-33-25-29-28-23(30(25)5)22(16(2)3)27-24(32)19-13-11-17(4)12-14-19/h7-14,16,22H,6,15H2,1-5H3,(H,26,31)(H,27,32)/t22-/m0/s1. The van der Waals surface area contributed by atoms with E-state index in [2.05, 4.69) is 27.8 Å². The number of benzene rings is 2. The Morgan fingerprint density at radius 1 is 1.06 bits per heavy atom. The minimum Gasteiger partial charge on any atom is -0.342 e. The molecule has 0 aliphatic rings. The first-order chi connectivity index (χ1) is 15.8. The number of nitrogens with one attached hydrogen (secondary N) is 2. The molecule has 2 aromatic carbocycles. The minimum atomic E-state index is -0.309. The molecule has 0 saturated heterocycles. The maximum absolute atomic E-state index is 12.8. The van der Waals surface area contributed by atoms with E-state index in [1.807, 2.05) is 80.9 Å². The molecule has 3 aromatic rings. The first-order valence-electron chi connectivity index (χ1n) is 11.1. The molecule has 0 spiro atoms. The van der Waals surface area contributed by atoms with Crippen LogP contribution in [0.5, 0.6) is 0 Å². The van der Waals surface area contributed by atoms with Gasteiger partial charge in [-0.15, -0.1) is 10.2 Å². The van der Waals surface area contributed by atoms with Gasteiger partial charge in [0.2, 0.25) is 5.91 Å². The number of rotatable bonds is 9. The van der Waals surface area contributed by atoms with Crippen LogP contribution < -0.4 is 10.6 Å². The predicted molar refractivity (Wildman–Crippen MR) is 132 cm³/mol. The van der Waals surface area contributed by atoms with E-state index in [1.165, 1.54) is 11.8 Å². The molecule has 0 saturated carbocycles. The maximum Gasteiger partial charge on any atom is 0.251 e. The van der Waals surface area contributed by atoms with Gasteiger partial charge in [-0.3, -0.25) is 9.59 Å². The molecule has 2 amide bonds. The van der Waals surface area contributed by atoms with Gasteiger partial charge in [0.1, 0.15) is 0 Å². The number of para-hydroxylation sites is 1. The third-order valence-electron chi connectivity index (χ3n) is 5.42. The van der Waals surface area contributed by atoms with Crippen molar-refractivity contribution in [2.75, 3.05) is 11.1 Å². The number of amides is 2. The molecule has 1 atom stereocenters. The molecule has 0 fully saturated rings. The Balaban J connectivity index is 1.66. The van der Waals surface area contributed by atoms with E-state index in [4.69, 9.17) is 0 Å². The summed E-state index contributed by atoms with van der Waals surface area (Å²) in [6, 6.07) is 14.9. The van der Waals surface area contributed by atoms with Gasteiger partial charge in [0.05, 0.1) is 11.8 Å². The van der Waals surface area contributed by atoms with Crippen LogP contribution >= 0.6 is 11.8 Å². The largest absolute Gasteiger partial charge is 0.342 e. The summed E-state index contributed by atoms with van der Waals surface area (Å²) >= 11 is 1.32. The number of anilines is 1. The van der Waals surface area contributed by atoms with Crippen LogP contribution in [0.4, 0.5) is 5.69 Å². The highest BCUT2D eigenvalue weighted by Crippen LogP contribution is 2.25. The zero-order chi connectivity index (χ0) is 24.0. The van der Waals surface area contributed by atoms with Crippen LogP contribution in [-0.2, 0) is 18.3 Å². The second-order valence-corrected chi connectivity index (χ2v) is 9.25. The van der Waals surface area contributed by atoms with Crippen LogP contribution in [-0.4, -0.2) is 32.3 Å². The average Bonchev–Trinajstić information content (AvgIpc) is 3.16. The van der Waals surface area contributed by atoms with Crippen molar-refractivity contribution in [2.24, 2.45) is 13.0 Å². The summed E-state index contributed by atoms with van der Waals surface area (Å²) in [6.45, 7) is 8.10. The van der Waals surface area contributed by atoms with Gasteiger partial charge in [0.25, 0.3) is 5.91 Å². The van der Waals surface area contributed by atoms with E-state index in [0.29, 0.717) is 16.5 Å². The van der Waals surface area contributed by atoms with Gasteiger partial charge in [-0.05, 0) is 43.0 Å². The molecule has 7 nitrogen and oxygen atoms in total. The molecule has 0 aliphatic heterocycles. The van der Waals surface area contributed by atoms with Crippen molar-refractivity contribution in [1.82, 2.24) is 20.1 Å². The predicted octanol–water partition coefficient (Wildman–Crippen LogP) is 4.54. The first-order valence-corrected chi connectivity index (χ1v) is 12.1. The van der Waals surface area contributed by atoms with Gasteiger partial charge in [-0.1, -0.05) is 68.4 Å². The molecule has 2 N–H and O–H groups in total. The number of hydrogen-bond donors (Lipinski definition) is 2. The number of carbonyl (C=O) groups excluding carboxylic acids is 2. The van der Waals surface area contributed by atoms with E-state index < -0.39 is 0 Å². The lowest BCUT2D eigenvalue weighted by atomic mass is 10.0. The SMILES string of the molecule is CCc1ccccc1NC(=O)CSc1nnc([C@@H](NC(=O)c2ccc(C)cc2)C(C)C)n1C. The van der Waals surface area contributed by atoms with E-state index >= 15 is 0 Å². The molecule has 0 unspecified atom stereocenters. The molecule has 3 rings (SSSR count). The summed E-state index contributed by atoms with van der Waals surface area (Å²) < 4.78 is 1.85. The topological polar surface area (TPSA) is 88.9 Å². The second kappa shape index (κ2) is 11.1. The summed E-state index contributed by atoms with van der Waals surface area (Å²) in [4.78, 5) is 25.3. The molecule has 8 heteroatoms. The summed E-state index contributed by atoms with van der Waals surface area (Å²) in [5.74, 6) is 0.726. The Kier molecular flexibility index (Phi) is 8.27. The number of nitrogens with zero attached hydrogens (tertiary/aromatic N) is 3. The zero-order valence-electron chi connectivity index (χ0n) is 19.8. The van der Waals surface area contributed by atoms with Crippen molar-refractivity contribution in [3.05, 3.63) is 71.0 Å². The fraction of sp³-hybridized carbons (Fsp3) is 0.360. The fourth-order valence-electron chi connectivity index (χ4n) is 3.45. The molecule has 1 heterocycles. The van der Waals surface area contributed by atoms with Crippen molar-refractivity contribution in [2.45, 2.75) is 45.3 Å². The summed E-state index contributed by atoms with van der Waals surface area (Å²) in [5, 5.41) is 15.3. The van der Waals surface area contributed by atoms with Crippen LogP contribution in [0.25, 0.3) is 0 Å². The Hall–Kier alpha value is -3.13. The van der Waals surface area contributed by atoms with Crippen molar-refractivity contribution < 1.29 is 9.59 Å². The number of thioether (sulfide) groups is 1. The number of carbonyl (C=O) groups is 2. The summed E-state index contributed by atoms with van der Waals surface area (Å²) in [7, 11) is 1.86. The van der Waals surface area contributed by atoms with Crippen LogP contribution in [0.1, 0.15) is 54.1 Å². The highest BCUT2D eigenvalue weighted by atomic mass is 32.2. The number of aromatic nitrogens is 3. The first kappa shape index (κ1) is 24.5. The Bertz CT molecular complexity index is 1110. The number of aryl methyl sites for hydroxylation is 2. The zero-order valence-corrected chi connectivity index (χ0v) is 20.6. The Morgan fingerprint density at radius 2 is 1.76 bits per heavy atom. The van der Waals surface area contributed by atoms with Gasteiger partial charge in [0.15, 0.2) is 11.0 Å². The Morgan fingerprint density at radius 3 is 2.42 bits per heavy atom. The van der Waals surface area contributed by atoms with Crippen LogP contribution in [0, 0.1) is 12.8 Å². The molecular formula is C25H31N5O2S. The highest BCUT2D eigenvalue weighted by Gasteiger charge is 2.25. The van der Waals surface area contributed by atoms with Gasteiger partial charge in [0, 0.05) is 18.3 Å². The van der Waals surface area contributed by atoms with E-state index in [0.717, 1.165) is 23.2 Å². The van der Waals surface area contributed by atoms with E-state index in [1.54, 1.807) is 0 Å².